The number of thioether (sulfide) groups is 2. The van der Waals surface area contributed by atoms with Gasteiger partial charge in [0, 0.05) is 36.3 Å². The molecule has 10 heteroatoms. The molecule has 4 rings (SSSR count). The minimum Gasteiger partial charge on any atom is -0.473 e. The minimum absolute atomic E-state index is 1.04. The Morgan fingerprint density at radius 3 is 1.41 bits per heavy atom. The maximum atomic E-state index is 9.10. The Morgan fingerprint density at radius 1 is 0.735 bits per heavy atom. The molecule has 0 aliphatic heterocycles. The number of carbonyl (C=O) groups is 2. The van der Waals surface area contributed by atoms with E-state index >= 15 is 0 Å². The van der Waals surface area contributed by atoms with Crippen LogP contribution in [0.25, 0.3) is 11.4 Å². The first-order chi connectivity index (χ1) is 16.5. The monoisotopic (exact) mass is 498 g/mol. The van der Waals surface area contributed by atoms with Gasteiger partial charge in [0.25, 0.3) is 0 Å². The lowest BCUT2D eigenvalue weighted by Crippen LogP contribution is -2.09. The molecule has 0 radical (unpaired) electrons. The van der Waals surface area contributed by atoms with Crippen molar-refractivity contribution in [3.05, 3.63) is 97.1 Å². The third-order valence-corrected chi connectivity index (χ3v) is 5.53. The van der Waals surface area contributed by atoms with E-state index in [2.05, 4.69) is 71.0 Å². The summed E-state index contributed by atoms with van der Waals surface area (Å²) < 4.78 is 4.09. The first-order valence-corrected chi connectivity index (χ1v) is 12.8. The fourth-order valence-corrected chi connectivity index (χ4v) is 3.99. The predicted octanol–water partition coefficient (Wildman–Crippen LogP) is 4.63. The fraction of sp³-hybridized carbons (Fsp3) is 0.167. The quantitative estimate of drug-likeness (QED) is 0.370. The van der Waals surface area contributed by atoms with Crippen LogP contribution in [-0.2, 0) is 21.1 Å². The lowest BCUT2D eigenvalue weighted by atomic mass is 10.2. The largest absolute Gasteiger partial charge is 0.473 e. The maximum Gasteiger partial charge on any atom is 0.414 e. The molecule has 2 aromatic heterocycles. The van der Waals surface area contributed by atoms with E-state index in [0.29, 0.717) is 0 Å². The molecule has 0 spiro atoms. The molecule has 0 bridgehead atoms. The first-order valence-electron chi connectivity index (χ1n) is 10.0. The van der Waals surface area contributed by atoms with Gasteiger partial charge in [-0.05, 0) is 35.8 Å². The zero-order valence-electron chi connectivity index (χ0n) is 18.8. The van der Waals surface area contributed by atoms with Gasteiger partial charge in [-0.2, -0.15) is 23.5 Å². The molecule has 0 atom stereocenters. The van der Waals surface area contributed by atoms with E-state index in [1.807, 2.05) is 57.7 Å². The van der Waals surface area contributed by atoms with Gasteiger partial charge in [-0.15, -0.1) is 0 Å². The molecule has 2 heterocycles. The topological polar surface area (TPSA) is 110 Å². The second kappa shape index (κ2) is 14.6. The summed E-state index contributed by atoms with van der Waals surface area (Å²) in [6.07, 6.45) is 15.4. The molecule has 0 aliphatic rings. The Bertz CT molecular complexity index is 1060. The second-order valence-corrected chi connectivity index (χ2v) is 8.41. The van der Waals surface area contributed by atoms with Crippen LogP contribution in [0.3, 0.4) is 0 Å². The molecular formula is C24H26N4O4S2. The molecule has 34 heavy (non-hydrogen) atoms. The Hall–Kier alpha value is -3.50. The van der Waals surface area contributed by atoms with Gasteiger partial charge in [0.1, 0.15) is 0 Å². The van der Waals surface area contributed by atoms with Crippen LogP contribution in [0.4, 0.5) is 0 Å². The molecule has 8 nitrogen and oxygen atoms in total. The number of imidazole rings is 2. The van der Waals surface area contributed by atoms with Crippen LogP contribution in [0.5, 0.6) is 0 Å². The molecule has 0 aliphatic carbocycles. The van der Waals surface area contributed by atoms with Crippen LogP contribution < -0.4 is 0 Å². The standard InChI is InChI=1S/2C11H12N2S.C2H2O4/c2*1-14-8-10-4-2-3-5-11(10)13-7-6-12-9-13;3-1(4)2(5)6/h2*2-7,9H,8H2,1H3;(H,3,4)(H,5,6). The van der Waals surface area contributed by atoms with Crippen molar-refractivity contribution in [1.29, 1.82) is 0 Å². The molecule has 0 fully saturated rings. The summed E-state index contributed by atoms with van der Waals surface area (Å²) in [5, 5.41) is 14.8. The summed E-state index contributed by atoms with van der Waals surface area (Å²) in [4.78, 5) is 26.3. The number of carboxylic acids is 2. The van der Waals surface area contributed by atoms with Crippen molar-refractivity contribution in [3.63, 3.8) is 0 Å². The van der Waals surface area contributed by atoms with Gasteiger partial charge in [-0.25, -0.2) is 19.6 Å². The highest BCUT2D eigenvalue weighted by molar-refractivity contribution is 7.98. The molecule has 0 saturated heterocycles. The third kappa shape index (κ3) is 8.45. The van der Waals surface area contributed by atoms with Crippen molar-refractivity contribution in [2.45, 2.75) is 11.5 Å². The van der Waals surface area contributed by atoms with Crippen LogP contribution in [-0.4, -0.2) is 53.8 Å². The number of carboxylic acid groups (broad SMARTS) is 2. The lowest BCUT2D eigenvalue weighted by molar-refractivity contribution is -0.159. The van der Waals surface area contributed by atoms with Crippen molar-refractivity contribution in [3.8, 4) is 11.4 Å². The Labute approximate surface area is 206 Å². The number of rotatable bonds is 6. The predicted molar refractivity (Wildman–Crippen MR) is 137 cm³/mol. The van der Waals surface area contributed by atoms with Gasteiger partial charge < -0.3 is 19.3 Å². The summed E-state index contributed by atoms with van der Waals surface area (Å²) in [6, 6.07) is 16.8. The third-order valence-electron chi connectivity index (χ3n) is 4.33. The van der Waals surface area contributed by atoms with Crippen molar-refractivity contribution < 1.29 is 19.8 Å². The van der Waals surface area contributed by atoms with E-state index in [1.54, 1.807) is 12.4 Å². The molecular weight excluding hydrogens is 472 g/mol. The highest BCUT2D eigenvalue weighted by atomic mass is 32.2. The Kier molecular flexibility index (Phi) is 11.5. The van der Waals surface area contributed by atoms with Crippen LogP contribution >= 0.6 is 23.5 Å². The smallest absolute Gasteiger partial charge is 0.414 e. The van der Waals surface area contributed by atoms with Gasteiger partial charge >= 0.3 is 11.9 Å². The highest BCUT2D eigenvalue weighted by Crippen LogP contribution is 2.19. The van der Waals surface area contributed by atoms with E-state index in [4.69, 9.17) is 19.8 Å². The zero-order valence-corrected chi connectivity index (χ0v) is 20.4. The fourth-order valence-electron chi connectivity index (χ4n) is 2.88. The number of benzene rings is 2. The van der Waals surface area contributed by atoms with Crippen molar-refractivity contribution in [2.75, 3.05) is 12.5 Å². The number of aliphatic carboxylic acids is 2. The van der Waals surface area contributed by atoms with E-state index in [9.17, 15) is 0 Å². The van der Waals surface area contributed by atoms with Gasteiger partial charge in [0.05, 0.1) is 24.0 Å². The number of aromatic nitrogens is 4. The lowest BCUT2D eigenvalue weighted by Gasteiger charge is -2.08. The van der Waals surface area contributed by atoms with Crippen molar-refractivity contribution in [2.24, 2.45) is 0 Å². The van der Waals surface area contributed by atoms with E-state index in [-0.39, 0.29) is 0 Å². The average molecular weight is 499 g/mol. The molecule has 4 aromatic rings. The molecule has 2 aromatic carbocycles. The molecule has 0 saturated carbocycles. The van der Waals surface area contributed by atoms with Crippen LogP contribution in [0, 0.1) is 0 Å². The number of para-hydroxylation sites is 2. The van der Waals surface area contributed by atoms with Gasteiger partial charge in [-0.1, -0.05) is 36.4 Å². The average Bonchev–Trinajstić information content (AvgIpc) is 3.56. The summed E-state index contributed by atoms with van der Waals surface area (Å²) in [7, 11) is 0. The van der Waals surface area contributed by atoms with Gasteiger partial charge in [0.2, 0.25) is 0 Å². The molecule has 0 amide bonds. The maximum absolute atomic E-state index is 9.10. The Morgan fingerprint density at radius 2 is 1.12 bits per heavy atom. The highest BCUT2D eigenvalue weighted by Gasteiger charge is 2.04. The second-order valence-electron chi connectivity index (χ2n) is 6.67. The van der Waals surface area contributed by atoms with E-state index < -0.39 is 11.9 Å². The van der Waals surface area contributed by atoms with E-state index in [0.717, 1.165) is 11.5 Å². The summed E-state index contributed by atoms with van der Waals surface area (Å²) in [5.74, 6) is -1.58. The van der Waals surface area contributed by atoms with Gasteiger partial charge in [-0.3, -0.25) is 0 Å². The van der Waals surface area contributed by atoms with Crippen LogP contribution in [0.1, 0.15) is 11.1 Å². The van der Waals surface area contributed by atoms with Crippen LogP contribution in [0.2, 0.25) is 0 Å². The number of hydrogen-bond acceptors (Lipinski definition) is 6. The molecule has 2 N–H and O–H groups in total. The Balaban J connectivity index is 0.000000196. The first kappa shape index (κ1) is 26.7. The number of hydrogen-bond donors (Lipinski definition) is 2. The van der Waals surface area contributed by atoms with E-state index in [1.165, 1.54) is 22.5 Å². The van der Waals surface area contributed by atoms with Crippen LogP contribution in [0.15, 0.2) is 86.0 Å². The number of nitrogens with zero attached hydrogens (tertiary/aromatic N) is 4. The summed E-state index contributed by atoms with van der Waals surface area (Å²) >= 11 is 3.66. The molecule has 0 unspecified atom stereocenters. The molecule has 178 valence electrons. The zero-order chi connectivity index (χ0) is 24.8. The van der Waals surface area contributed by atoms with Gasteiger partial charge in [0.15, 0.2) is 0 Å². The summed E-state index contributed by atoms with van der Waals surface area (Å²) in [6.45, 7) is 0. The summed E-state index contributed by atoms with van der Waals surface area (Å²) in [5.41, 5.74) is 5.13. The minimum atomic E-state index is -1.82. The van der Waals surface area contributed by atoms with Crippen molar-refractivity contribution in [1.82, 2.24) is 19.1 Å². The normalized spacial score (nSPS) is 9.82. The SMILES string of the molecule is CSCc1ccccc1-n1ccnc1.CSCc1ccccc1-n1ccnc1.O=C(O)C(=O)O. The van der Waals surface area contributed by atoms with Crippen molar-refractivity contribution >= 4 is 35.5 Å².